The van der Waals surface area contributed by atoms with Gasteiger partial charge in [-0.15, -0.1) is 13.2 Å². The topological polar surface area (TPSA) is 45.0 Å². The molecular formula is C19H13F3N2O. The van der Waals surface area contributed by atoms with Gasteiger partial charge < -0.3 is 10.1 Å². The summed E-state index contributed by atoms with van der Waals surface area (Å²) in [6, 6.07) is 19.4. The Kier molecular flexibility index (Phi) is 4.48. The molecule has 3 aromatic rings. The Bertz CT molecular complexity index is 945. The molecule has 0 radical (unpaired) electrons. The number of anilines is 1. The molecule has 0 fully saturated rings. The van der Waals surface area contributed by atoms with E-state index in [0.29, 0.717) is 6.54 Å². The van der Waals surface area contributed by atoms with Gasteiger partial charge in [-0.05, 0) is 34.5 Å². The highest BCUT2D eigenvalue weighted by molar-refractivity contribution is 5.83. The smallest absolute Gasteiger partial charge is 0.404 e. The quantitative estimate of drug-likeness (QED) is 0.707. The van der Waals surface area contributed by atoms with E-state index in [-0.39, 0.29) is 11.3 Å². The summed E-state index contributed by atoms with van der Waals surface area (Å²) in [4.78, 5) is 0. The molecule has 0 unspecified atom stereocenters. The second-order valence-corrected chi connectivity index (χ2v) is 5.41. The number of fused-ring (bicyclic) bond motifs is 1. The number of halogens is 3. The van der Waals surface area contributed by atoms with E-state index in [9.17, 15) is 13.2 Å². The lowest BCUT2D eigenvalue weighted by Gasteiger charge is -2.15. The first-order valence-corrected chi connectivity index (χ1v) is 7.46. The Morgan fingerprint density at radius 2 is 1.72 bits per heavy atom. The van der Waals surface area contributed by atoms with Crippen LogP contribution in [-0.4, -0.2) is 6.36 Å². The third-order valence-corrected chi connectivity index (χ3v) is 3.63. The number of hydrogen-bond donors (Lipinski definition) is 1. The molecule has 3 aromatic carbocycles. The van der Waals surface area contributed by atoms with Crippen molar-refractivity contribution >= 4 is 16.5 Å². The SMILES string of the molecule is N#Cc1ccc(NCc2ccc3ccccc3c2)c(OC(F)(F)F)c1. The van der Waals surface area contributed by atoms with Crippen molar-refractivity contribution in [2.24, 2.45) is 0 Å². The zero-order chi connectivity index (χ0) is 17.9. The van der Waals surface area contributed by atoms with Gasteiger partial charge in [-0.25, -0.2) is 0 Å². The van der Waals surface area contributed by atoms with Crippen molar-refractivity contribution in [2.45, 2.75) is 12.9 Å². The first kappa shape index (κ1) is 16.7. The molecule has 0 aromatic heterocycles. The van der Waals surface area contributed by atoms with Crippen molar-refractivity contribution in [2.75, 3.05) is 5.32 Å². The van der Waals surface area contributed by atoms with E-state index in [0.717, 1.165) is 22.4 Å². The number of alkyl halides is 3. The lowest BCUT2D eigenvalue weighted by Crippen LogP contribution is -2.18. The minimum absolute atomic E-state index is 0.0931. The van der Waals surface area contributed by atoms with Gasteiger partial charge in [-0.3, -0.25) is 0 Å². The summed E-state index contributed by atoms with van der Waals surface area (Å²) in [6.07, 6.45) is -4.83. The van der Waals surface area contributed by atoms with Gasteiger partial charge in [0, 0.05) is 12.6 Å². The average molecular weight is 342 g/mol. The fourth-order valence-electron chi connectivity index (χ4n) is 2.49. The van der Waals surface area contributed by atoms with Crippen LogP contribution in [0.25, 0.3) is 10.8 Å². The minimum Gasteiger partial charge on any atom is -0.404 e. The van der Waals surface area contributed by atoms with Gasteiger partial charge >= 0.3 is 6.36 Å². The van der Waals surface area contributed by atoms with E-state index < -0.39 is 12.1 Å². The van der Waals surface area contributed by atoms with E-state index >= 15 is 0 Å². The van der Waals surface area contributed by atoms with Crippen LogP contribution < -0.4 is 10.1 Å². The van der Waals surface area contributed by atoms with Crippen LogP contribution in [0.4, 0.5) is 18.9 Å². The molecule has 0 bridgehead atoms. The van der Waals surface area contributed by atoms with Crippen LogP contribution >= 0.6 is 0 Å². The van der Waals surface area contributed by atoms with Crippen LogP contribution in [-0.2, 0) is 6.54 Å². The number of hydrogen-bond acceptors (Lipinski definition) is 3. The van der Waals surface area contributed by atoms with Crippen molar-refractivity contribution in [3.05, 3.63) is 71.8 Å². The Hall–Kier alpha value is -3.20. The van der Waals surface area contributed by atoms with E-state index in [4.69, 9.17) is 5.26 Å². The number of nitrogens with one attached hydrogen (secondary N) is 1. The predicted octanol–water partition coefficient (Wildman–Crippen LogP) is 5.22. The highest BCUT2D eigenvalue weighted by Crippen LogP contribution is 2.31. The molecule has 0 amide bonds. The molecule has 3 rings (SSSR count). The molecule has 0 spiro atoms. The van der Waals surface area contributed by atoms with Crippen LogP contribution in [0.1, 0.15) is 11.1 Å². The maximum atomic E-state index is 12.6. The lowest BCUT2D eigenvalue weighted by atomic mass is 10.1. The first-order valence-electron chi connectivity index (χ1n) is 7.46. The summed E-state index contributed by atoms with van der Waals surface area (Å²) >= 11 is 0. The fraction of sp³-hybridized carbons (Fsp3) is 0.105. The summed E-state index contributed by atoms with van der Waals surface area (Å²) in [6.45, 7) is 0.324. The van der Waals surface area contributed by atoms with Crippen molar-refractivity contribution in [3.8, 4) is 11.8 Å². The molecule has 0 heterocycles. The summed E-state index contributed by atoms with van der Waals surface area (Å²) in [5.41, 5.74) is 1.18. The predicted molar refractivity (Wildman–Crippen MR) is 89.1 cm³/mol. The molecule has 6 heteroatoms. The van der Waals surface area contributed by atoms with Gasteiger partial charge in [0.1, 0.15) is 0 Å². The molecule has 25 heavy (non-hydrogen) atoms. The highest BCUT2D eigenvalue weighted by atomic mass is 19.4. The van der Waals surface area contributed by atoms with Crippen LogP contribution in [0.15, 0.2) is 60.7 Å². The molecule has 0 saturated heterocycles. The second-order valence-electron chi connectivity index (χ2n) is 5.41. The molecule has 0 aliphatic carbocycles. The van der Waals surface area contributed by atoms with Crippen molar-refractivity contribution < 1.29 is 17.9 Å². The van der Waals surface area contributed by atoms with E-state index in [1.165, 1.54) is 12.1 Å². The minimum atomic E-state index is -4.83. The zero-order valence-corrected chi connectivity index (χ0v) is 13.0. The fourth-order valence-corrected chi connectivity index (χ4v) is 2.49. The maximum Gasteiger partial charge on any atom is 0.573 e. The molecule has 1 N–H and O–H groups in total. The number of benzene rings is 3. The van der Waals surface area contributed by atoms with E-state index in [2.05, 4.69) is 10.1 Å². The van der Waals surface area contributed by atoms with E-state index in [1.807, 2.05) is 42.5 Å². The summed E-state index contributed by atoms with van der Waals surface area (Å²) < 4.78 is 41.7. The van der Waals surface area contributed by atoms with Crippen LogP contribution in [0, 0.1) is 11.3 Å². The standard InChI is InChI=1S/C19H13F3N2O/c20-19(21,22)25-18-10-13(11-23)6-8-17(18)24-12-14-5-7-15-3-1-2-4-16(15)9-14/h1-10,24H,12H2. The molecule has 126 valence electrons. The van der Waals surface area contributed by atoms with Gasteiger partial charge in [-0.2, -0.15) is 5.26 Å². The van der Waals surface area contributed by atoms with E-state index in [1.54, 1.807) is 6.07 Å². The largest absolute Gasteiger partial charge is 0.573 e. The number of ether oxygens (including phenoxy) is 1. The monoisotopic (exact) mass is 342 g/mol. The molecular weight excluding hydrogens is 329 g/mol. The van der Waals surface area contributed by atoms with Gasteiger partial charge in [0.05, 0.1) is 17.3 Å². The third kappa shape index (κ3) is 4.21. The van der Waals surface area contributed by atoms with Crippen LogP contribution in [0.5, 0.6) is 5.75 Å². The molecule has 3 nitrogen and oxygen atoms in total. The lowest BCUT2D eigenvalue weighted by molar-refractivity contribution is -0.274. The first-order chi connectivity index (χ1) is 11.9. The average Bonchev–Trinajstić information content (AvgIpc) is 2.59. The Morgan fingerprint density at radius 1 is 0.960 bits per heavy atom. The number of rotatable bonds is 4. The number of nitriles is 1. The van der Waals surface area contributed by atoms with Gasteiger partial charge in [-0.1, -0.05) is 36.4 Å². The van der Waals surface area contributed by atoms with Gasteiger partial charge in [0.25, 0.3) is 0 Å². The Morgan fingerprint density at radius 3 is 2.44 bits per heavy atom. The summed E-state index contributed by atoms with van der Waals surface area (Å²) in [5, 5.41) is 13.9. The summed E-state index contributed by atoms with van der Waals surface area (Å²) in [7, 11) is 0. The van der Waals surface area contributed by atoms with Crippen molar-refractivity contribution in [1.29, 1.82) is 5.26 Å². The highest BCUT2D eigenvalue weighted by Gasteiger charge is 2.32. The van der Waals surface area contributed by atoms with Crippen LogP contribution in [0.3, 0.4) is 0 Å². The molecule has 0 saturated carbocycles. The Balaban J connectivity index is 1.82. The third-order valence-electron chi connectivity index (χ3n) is 3.63. The second kappa shape index (κ2) is 6.73. The zero-order valence-electron chi connectivity index (χ0n) is 13.0. The van der Waals surface area contributed by atoms with Crippen LogP contribution in [0.2, 0.25) is 0 Å². The van der Waals surface area contributed by atoms with Crippen molar-refractivity contribution in [3.63, 3.8) is 0 Å². The summed E-state index contributed by atoms with van der Waals surface area (Å²) in [5.74, 6) is -0.424. The molecule has 0 atom stereocenters. The van der Waals surface area contributed by atoms with Gasteiger partial charge in [0.2, 0.25) is 0 Å². The van der Waals surface area contributed by atoms with Gasteiger partial charge in [0.15, 0.2) is 5.75 Å². The van der Waals surface area contributed by atoms with Crippen molar-refractivity contribution in [1.82, 2.24) is 0 Å². The molecule has 0 aliphatic rings. The Labute approximate surface area is 142 Å². The number of nitrogens with zero attached hydrogens (tertiary/aromatic N) is 1. The molecule has 0 aliphatic heterocycles. The maximum absolute atomic E-state index is 12.6. The normalized spacial score (nSPS) is 11.1.